The average molecular weight is 457 g/mol. The fourth-order valence-corrected chi connectivity index (χ4v) is 4.24. The number of aromatic nitrogens is 3. The van der Waals surface area contributed by atoms with E-state index in [-0.39, 0.29) is 11.4 Å². The molecule has 32 heavy (non-hydrogen) atoms. The maximum atomic E-state index is 14.3. The van der Waals surface area contributed by atoms with E-state index < -0.39 is 10.7 Å². The Kier molecular flexibility index (Phi) is 6.40. The van der Waals surface area contributed by atoms with Gasteiger partial charge in [0, 0.05) is 45.6 Å². The molecule has 4 rings (SSSR count). The minimum atomic E-state index is -0.810. The molecule has 3 heterocycles. The minimum Gasteiger partial charge on any atom is -0.453 e. The maximum absolute atomic E-state index is 14.3. The first-order chi connectivity index (χ1) is 15.5. The molecule has 0 atom stereocenters. The van der Waals surface area contributed by atoms with Crippen LogP contribution in [0.4, 0.5) is 10.1 Å². The second-order valence-electron chi connectivity index (χ2n) is 6.91. The van der Waals surface area contributed by atoms with Crippen LogP contribution in [-0.2, 0) is 18.3 Å². The van der Waals surface area contributed by atoms with E-state index in [4.69, 9.17) is 9.47 Å². The number of thiophene rings is 1. The first-order valence-electron chi connectivity index (χ1n) is 9.69. The molecule has 3 aromatic heterocycles. The molecule has 1 aromatic carbocycles. The highest BCUT2D eigenvalue weighted by atomic mass is 32.1. The van der Waals surface area contributed by atoms with Crippen molar-refractivity contribution >= 4 is 27.2 Å². The molecule has 0 bridgehead atoms. The lowest BCUT2D eigenvalue weighted by Gasteiger charge is -2.07. The summed E-state index contributed by atoms with van der Waals surface area (Å²) in [6, 6.07) is 6.82. The van der Waals surface area contributed by atoms with Gasteiger partial charge in [0.1, 0.15) is 11.6 Å². The summed E-state index contributed by atoms with van der Waals surface area (Å²) in [4.78, 5) is 20.0. The number of benzene rings is 1. The topological polar surface area (TPSA) is 104 Å². The van der Waals surface area contributed by atoms with Gasteiger partial charge in [0.25, 0.3) is 5.69 Å². The van der Waals surface area contributed by atoms with Gasteiger partial charge < -0.3 is 19.4 Å². The van der Waals surface area contributed by atoms with Crippen molar-refractivity contribution in [2.45, 2.75) is 6.54 Å². The standard InChI is InChI=1S/C21H20FN5O4S/c1-26-14(11-23-7-8-30-2)12-25-21(26)19-10-16-20(32-19)18(5-6-24-16)31-17-4-3-13(27(28)29)9-15(17)22/h3-6,9-10,12,23H,7-8,11H2,1-2H3. The number of halogens is 1. The van der Waals surface area contributed by atoms with E-state index in [2.05, 4.69) is 15.3 Å². The molecule has 0 aliphatic heterocycles. The summed E-state index contributed by atoms with van der Waals surface area (Å²) in [5.74, 6) is 0.286. The number of nitrogens with zero attached hydrogens (tertiary/aromatic N) is 4. The zero-order valence-electron chi connectivity index (χ0n) is 17.4. The fourth-order valence-electron chi connectivity index (χ4n) is 3.14. The number of pyridine rings is 1. The lowest BCUT2D eigenvalue weighted by Crippen LogP contribution is -2.20. The Morgan fingerprint density at radius 1 is 1.25 bits per heavy atom. The van der Waals surface area contributed by atoms with Crippen LogP contribution in [0.3, 0.4) is 0 Å². The first kappa shape index (κ1) is 21.8. The van der Waals surface area contributed by atoms with E-state index >= 15 is 0 Å². The zero-order valence-corrected chi connectivity index (χ0v) is 18.2. The van der Waals surface area contributed by atoms with Gasteiger partial charge in [0.05, 0.1) is 44.6 Å². The Labute approximate surface area is 186 Å². The normalized spacial score (nSPS) is 11.2. The van der Waals surface area contributed by atoms with Crippen molar-refractivity contribution in [2.24, 2.45) is 7.05 Å². The number of hydrogen-bond acceptors (Lipinski definition) is 8. The van der Waals surface area contributed by atoms with Gasteiger partial charge in [-0.2, -0.15) is 0 Å². The molecule has 0 fully saturated rings. The van der Waals surface area contributed by atoms with Crippen molar-refractivity contribution in [3.05, 3.63) is 64.4 Å². The van der Waals surface area contributed by atoms with Gasteiger partial charge in [-0.1, -0.05) is 0 Å². The third-order valence-electron chi connectivity index (χ3n) is 4.82. The number of non-ortho nitro benzene ring substituents is 1. The summed E-state index contributed by atoms with van der Waals surface area (Å²) in [5.41, 5.74) is 1.37. The largest absolute Gasteiger partial charge is 0.453 e. The molecule has 0 saturated carbocycles. The highest BCUT2D eigenvalue weighted by Crippen LogP contribution is 2.39. The highest BCUT2D eigenvalue weighted by Gasteiger charge is 2.17. The van der Waals surface area contributed by atoms with Crippen LogP contribution in [-0.4, -0.2) is 39.7 Å². The van der Waals surface area contributed by atoms with Gasteiger partial charge in [0.15, 0.2) is 11.6 Å². The van der Waals surface area contributed by atoms with Gasteiger partial charge in [-0.15, -0.1) is 11.3 Å². The average Bonchev–Trinajstić information content (AvgIpc) is 3.36. The number of hydrogen-bond donors (Lipinski definition) is 1. The van der Waals surface area contributed by atoms with E-state index in [1.54, 1.807) is 19.4 Å². The predicted molar refractivity (Wildman–Crippen MR) is 119 cm³/mol. The van der Waals surface area contributed by atoms with Crippen LogP contribution in [0.25, 0.3) is 20.9 Å². The summed E-state index contributed by atoms with van der Waals surface area (Å²) >= 11 is 1.43. The third kappa shape index (κ3) is 4.44. The van der Waals surface area contributed by atoms with Crippen molar-refractivity contribution in [1.82, 2.24) is 19.9 Å². The van der Waals surface area contributed by atoms with E-state index in [1.165, 1.54) is 23.5 Å². The molecular weight excluding hydrogens is 437 g/mol. The van der Waals surface area contributed by atoms with Gasteiger partial charge >= 0.3 is 0 Å². The van der Waals surface area contributed by atoms with Gasteiger partial charge in [0.2, 0.25) is 0 Å². The number of rotatable bonds is 9. The van der Waals surface area contributed by atoms with Crippen molar-refractivity contribution in [1.29, 1.82) is 0 Å². The summed E-state index contributed by atoms with van der Waals surface area (Å²) in [7, 11) is 3.60. The lowest BCUT2D eigenvalue weighted by molar-refractivity contribution is -0.385. The molecule has 0 amide bonds. The predicted octanol–water partition coefficient (Wildman–Crippen LogP) is 4.27. The molecule has 0 unspecified atom stereocenters. The smallest absolute Gasteiger partial charge is 0.272 e. The second-order valence-corrected chi connectivity index (χ2v) is 7.96. The molecule has 11 heteroatoms. The van der Waals surface area contributed by atoms with E-state index in [0.717, 1.165) is 33.7 Å². The molecule has 4 aromatic rings. The Balaban J connectivity index is 1.61. The first-order valence-corrected chi connectivity index (χ1v) is 10.5. The third-order valence-corrected chi connectivity index (χ3v) is 5.95. The molecule has 0 saturated heterocycles. The zero-order chi connectivity index (χ0) is 22.7. The van der Waals surface area contributed by atoms with E-state index in [0.29, 0.717) is 24.4 Å². The second kappa shape index (κ2) is 9.39. The maximum Gasteiger partial charge on any atom is 0.272 e. The number of nitro groups is 1. The molecule has 166 valence electrons. The Bertz CT molecular complexity index is 1270. The molecule has 0 spiro atoms. The molecule has 0 aliphatic carbocycles. The van der Waals surface area contributed by atoms with E-state index in [9.17, 15) is 14.5 Å². The number of ether oxygens (including phenoxy) is 2. The van der Waals surface area contributed by atoms with Crippen molar-refractivity contribution < 1.29 is 18.8 Å². The van der Waals surface area contributed by atoms with Gasteiger partial charge in [-0.3, -0.25) is 15.1 Å². The minimum absolute atomic E-state index is 0.0977. The van der Waals surface area contributed by atoms with Crippen LogP contribution in [0, 0.1) is 15.9 Å². The summed E-state index contributed by atoms with van der Waals surface area (Å²) in [5, 5.41) is 14.1. The Morgan fingerprint density at radius 3 is 2.84 bits per heavy atom. The number of nitrogens with one attached hydrogen (secondary N) is 1. The number of imidazole rings is 1. The van der Waals surface area contributed by atoms with Crippen LogP contribution in [0.2, 0.25) is 0 Å². The Morgan fingerprint density at radius 2 is 2.09 bits per heavy atom. The Hall–Kier alpha value is -3.41. The summed E-state index contributed by atoms with van der Waals surface area (Å²) < 4.78 is 27.8. The lowest BCUT2D eigenvalue weighted by atomic mass is 10.3. The van der Waals surface area contributed by atoms with Crippen LogP contribution in [0.15, 0.2) is 42.7 Å². The number of methoxy groups -OCH3 is 1. The molecule has 0 aliphatic rings. The van der Waals surface area contributed by atoms with Crippen LogP contribution in [0.1, 0.15) is 5.69 Å². The number of fused-ring (bicyclic) bond motifs is 1. The van der Waals surface area contributed by atoms with Crippen LogP contribution >= 0.6 is 11.3 Å². The monoisotopic (exact) mass is 457 g/mol. The number of nitro benzene ring substituents is 1. The van der Waals surface area contributed by atoms with Crippen LogP contribution in [0.5, 0.6) is 11.5 Å². The van der Waals surface area contributed by atoms with Crippen molar-refractivity contribution in [2.75, 3.05) is 20.3 Å². The molecule has 9 nitrogen and oxygen atoms in total. The molecular formula is C21H20FN5O4S. The summed E-state index contributed by atoms with van der Waals surface area (Å²) in [6.07, 6.45) is 3.39. The quantitative estimate of drug-likeness (QED) is 0.227. The van der Waals surface area contributed by atoms with E-state index in [1.807, 2.05) is 23.9 Å². The highest BCUT2D eigenvalue weighted by molar-refractivity contribution is 7.22. The SMILES string of the molecule is COCCNCc1cnc(-c2cc3nccc(Oc4ccc([N+](=O)[O-])cc4F)c3s2)n1C. The van der Waals surface area contributed by atoms with Crippen molar-refractivity contribution in [3.8, 4) is 22.2 Å². The summed E-state index contributed by atoms with van der Waals surface area (Å²) in [6.45, 7) is 2.03. The van der Waals surface area contributed by atoms with Gasteiger partial charge in [-0.25, -0.2) is 9.37 Å². The van der Waals surface area contributed by atoms with Crippen LogP contribution < -0.4 is 10.1 Å². The fraction of sp³-hybridized carbons (Fsp3) is 0.238. The molecule has 1 N–H and O–H groups in total. The molecule has 0 radical (unpaired) electrons. The van der Waals surface area contributed by atoms with Crippen molar-refractivity contribution in [3.63, 3.8) is 0 Å². The van der Waals surface area contributed by atoms with Gasteiger partial charge in [-0.05, 0) is 12.1 Å².